The molecule has 0 aromatic carbocycles. The van der Waals surface area contributed by atoms with Crippen molar-refractivity contribution >= 4 is 5.91 Å². The minimum absolute atomic E-state index is 0.118. The molecule has 0 spiro atoms. The molecular formula is C12H25N3O. The third-order valence-corrected chi connectivity index (χ3v) is 3.29. The van der Waals surface area contributed by atoms with Gasteiger partial charge in [-0.25, -0.2) is 0 Å². The minimum atomic E-state index is 0.118. The van der Waals surface area contributed by atoms with Gasteiger partial charge in [-0.2, -0.15) is 0 Å². The standard InChI is InChI=1S/C12H25N3O/c1-4-7-15(9-12(16)13-3)11-6-5-10(2)14-8-11/h10-11,14H,4-9H2,1-3H3,(H,13,16). The Balaban J connectivity index is 2.45. The summed E-state index contributed by atoms with van der Waals surface area (Å²) in [7, 11) is 1.70. The molecule has 2 unspecified atom stereocenters. The molecule has 0 aromatic rings. The molecule has 1 aliphatic heterocycles. The lowest BCUT2D eigenvalue weighted by molar-refractivity contribution is -0.122. The summed E-state index contributed by atoms with van der Waals surface area (Å²) in [6.45, 7) is 6.94. The van der Waals surface area contributed by atoms with Crippen molar-refractivity contribution in [2.75, 3.05) is 26.7 Å². The number of nitrogens with zero attached hydrogens (tertiary/aromatic N) is 1. The number of amides is 1. The normalized spacial score (nSPS) is 25.8. The molecule has 16 heavy (non-hydrogen) atoms. The van der Waals surface area contributed by atoms with Gasteiger partial charge in [0, 0.05) is 25.7 Å². The first-order chi connectivity index (χ1) is 7.67. The average Bonchev–Trinajstić information content (AvgIpc) is 2.29. The van der Waals surface area contributed by atoms with Crippen LogP contribution in [0.25, 0.3) is 0 Å². The van der Waals surface area contributed by atoms with E-state index in [0.29, 0.717) is 18.6 Å². The fourth-order valence-electron chi connectivity index (χ4n) is 2.24. The van der Waals surface area contributed by atoms with E-state index in [2.05, 4.69) is 29.4 Å². The molecule has 1 amide bonds. The zero-order valence-corrected chi connectivity index (χ0v) is 10.8. The largest absolute Gasteiger partial charge is 0.358 e. The van der Waals surface area contributed by atoms with Crippen LogP contribution in [-0.4, -0.2) is 49.6 Å². The van der Waals surface area contributed by atoms with Crippen molar-refractivity contribution in [3.63, 3.8) is 0 Å². The predicted molar refractivity (Wildman–Crippen MR) is 66.4 cm³/mol. The number of hydrogen-bond donors (Lipinski definition) is 2. The van der Waals surface area contributed by atoms with Gasteiger partial charge in [0.25, 0.3) is 0 Å². The summed E-state index contributed by atoms with van der Waals surface area (Å²) in [6.07, 6.45) is 3.51. The van der Waals surface area contributed by atoms with Crippen LogP contribution in [0, 0.1) is 0 Å². The molecule has 1 heterocycles. The van der Waals surface area contributed by atoms with Crippen LogP contribution in [0.2, 0.25) is 0 Å². The lowest BCUT2D eigenvalue weighted by Gasteiger charge is -2.36. The highest BCUT2D eigenvalue weighted by atomic mass is 16.1. The van der Waals surface area contributed by atoms with Crippen molar-refractivity contribution in [1.29, 1.82) is 0 Å². The molecule has 2 N–H and O–H groups in total. The van der Waals surface area contributed by atoms with Gasteiger partial charge >= 0.3 is 0 Å². The highest BCUT2D eigenvalue weighted by Gasteiger charge is 2.24. The first kappa shape index (κ1) is 13.5. The van der Waals surface area contributed by atoms with Crippen molar-refractivity contribution in [3.05, 3.63) is 0 Å². The maximum Gasteiger partial charge on any atom is 0.233 e. The molecule has 0 bridgehead atoms. The third kappa shape index (κ3) is 4.10. The Morgan fingerprint density at radius 2 is 2.25 bits per heavy atom. The Labute approximate surface area is 98.8 Å². The number of rotatable bonds is 5. The van der Waals surface area contributed by atoms with Crippen LogP contribution in [0.1, 0.15) is 33.1 Å². The smallest absolute Gasteiger partial charge is 0.233 e. The topological polar surface area (TPSA) is 44.4 Å². The zero-order chi connectivity index (χ0) is 12.0. The number of likely N-dealkylation sites (N-methyl/N-ethyl adjacent to an activating group) is 1. The summed E-state index contributed by atoms with van der Waals surface area (Å²) in [6, 6.07) is 1.15. The Morgan fingerprint density at radius 3 is 2.75 bits per heavy atom. The van der Waals surface area contributed by atoms with Gasteiger partial charge in [-0.15, -0.1) is 0 Å². The molecule has 4 heteroatoms. The minimum Gasteiger partial charge on any atom is -0.358 e. The Morgan fingerprint density at radius 1 is 1.50 bits per heavy atom. The lowest BCUT2D eigenvalue weighted by Crippen LogP contribution is -2.51. The van der Waals surface area contributed by atoms with Crippen LogP contribution in [-0.2, 0) is 4.79 Å². The number of nitrogens with one attached hydrogen (secondary N) is 2. The van der Waals surface area contributed by atoms with Crippen LogP contribution >= 0.6 is 0 Å². The van der Waals surface area contributed by atoms with Crippen LogP contribution in [0.4, 0.5) is 0 Å². The van der Waals surface area contributed by atoms with Crippen molar-refractivity contribution in [1.82, 2.24) is 15.5 Å². The molecule has 1 rings (SSSR count). The van der Waals surface area contributed by atoms with Gasteiger partial charge in [-0.05, 0) is 32.7 Å². The molecule has 0 aromatic heterocycles. The number of carbonyl (C=O) groups excluding carboxylic acids is 1. The summed E-state index contributed by atoms with van der Waals surface area (Å²) in [4.78, 5) is 13.7. The highest BCUT2D eigenvalue weighted by Crippen LogP contribution is 2.14. The second-order valence-corrected chi connectivity index (χ2v) is 4.68. The maximum atomic E-state index is 11.4. The lowest BCUT2D eigenvalue weighted by atomic mass is 10.0. The Hall–Kier alpha value is -0.610. The van der Waals surface area contributed by atoms with Gasteiger partial charge in [-0.1, -0.05) is 6.92 Å². The second kappa shape index (κ2) is 6.86. The first-order valence-corrected chi connectivity index (χ1v) is 6.35. The van der Waals surface area contributed by atoms with Crippen molar-refractivity contribution < 1.29 is 4.79 Å². The van der Waals surface area contributed by atoms with E-state index < -0.39 is 0 Å². The molecule has 1 aliphatic rings. The van der Waals surface area contributed by atoms with E-state index >= 15 is 0 Å². The van der Waals surface area contributed by atoms with Crippen molar-refractivity contribution in [2.24, 2.45) is 0 Å². The van der Waals surface area contributed by atoms with E-state index in [-0.39, 0.29) is 5.91 Å². The van der Waals surface area contributed by atoms with Crippen LogP contribution in [0.15, 0.2) is 0 Å². The Bertz CT molecular complexity index is 212. The SMILES string of the molecule is CCCN(CC(=O)NC)C1CCC(C)NC1. The van der Waals surface area contributed by atoms with Crippen molar-refractivity contribution in [3.8, 4) is 0 Å². The van der Waals surface area contributed by atoms with E-state index in [4.69, 9.17) is 0 Å². The quantitative estimate of drug-likeness (QED) is 0.722. The van der Waals surface area contributed by atoms with E-state index in [1.807, 2.05) is 0 Å². The van der Waals surface area contributed by atoms with E-state index in [9.17, 15) is 4.79 Å². The molecular weight excluding hydrogens is 202 g/mol. The number of piperidine rings is 1. The molecule has 4 nitrogen and oxygen atoms in total. The number of carbonyl (C=O) groups is 1. The fraction of sp³-hybridized carbons (Fsp3) is 0.917. The van der Waals surface area contributed by atoms with E-state index in [1.165, 1.54) is 12.8 Å². The second-order valence-electron chi connectivity index (χ2n) is 4.68. The highest BCUT2D eigenvalue weighted by molar-refractivity contribution is 5.77. The van der Waals surface area contributed by atoms with E-state index in [0.717, 1.165) is 19.5 Å². The maximum absolute atomic E-state index is 11.4. The van der Waals surface area contributed by atoms with Crippen LogP contribution < -0.4 is 10.6 Å². The summed E-state index contributed by atoms with van der Waals surface area (Å²) in [5.41, 5.74) is 0. The zero-order valence-electron chi connectivity index (χ0n) is 10.8. The van der Waals surface area contributed by atoms with Gasteiger partial charge in [0.05, 0.1) is 6.54 Å². The van der Waals surface area contributed by atoms with Crippen molar-refractivity contribution in [2.45, 2.75) is 45.2 Å². The monoisotopic (exact) mass is 227 g/mol. The summed E-state index contributed by atoms with van der Waals surface area (Å²) < 4.78 is 0. The summed E-state index contributed by atoms with van der Waals surface area (Å²) >= 11 is 0. The third-order valence-electron chi connectivity index (χ3n) is 3.29. The molecule has 0 radical (unpaired) electrons. The van der Waals surface area contributed by atoms with Gasteiger partial charge in [0.1, 0.15) is 0 Å². The molecule has 2 atom stereocenters. The molecule has 0 saturated carbocycles. The van der Waals surface area contributed by atoms with Gasteiger partial charge in [0.15, 0.2) is 0 Å². The summed E-state index contributed by atoms with van der Waals surface area (Å²) in [5.74, 6) is 0.118. The predicted octanol–water partition coefficient (Wildman–Crippen LogP) is 0.585. The molecule has 1 fully saturated rings. The average molecular weight is 227 g/mol. The fourth-order valence-corrected chi connectivity index (χ4v) is 2.24. The van der Waals surface area contributed by atoms with Gasteiger partial charge < -0.3 is 10.6 Å². The Kier molecular flexibility index (Phi) is 5.77. The van der Waals surface area contributed by atoms with Crippen LogP contribution in [0.3, 0.4) is 0 Å². The first-order valence-electron chi connectivity index (χ1n) is 6.35. The molecule has 1 saturated heterocycles. The van der Waals surface area contributed by atoms with Gasteiger partial charge in [0.2, 0.25) is 5.91 Å². The number of hydrogen-bond acceptors (Lipinski definition) is 3. The molecule has 0 aliphatic carbocycles. The van der Waals surface area contributed by atoms with Gasteiger partial charge in [-0.3, -0.25) is 9.69 Å². The van der Waals surface area contributed by atoms with Crippen LogP contribution in [0.5, 0.6) is 0 Å². The summed E-state index contributed by atoms with van der Waals surface area (Å²) in [5, 5.41) is 6.19. The molecule has 94 valence electrons. The van der Waals surface area contributed by atoms with E-state index in [1.54, 1.807) is 7.05 Å².